The van der Waals surface area contributed by atoms with E-state index in [-0.39, 0.29) is 24.1 Å². The van der Waals surface area contributed by atoms with Crippen molar-refractivity contribution in [3.63, 3.8) is 0 Å². The van der Waals surface area contributed by atoms with Crippen molar-refractivity contribution in [2.24, 2.45) is 0 Å². The third-order valence-corrected chi connectivity index (χ3v) is 5.00. The minimum Gasteiger partial charge on any atom is -0.484 e. The van der Waals surface area contributed by atoms with Crippen LogP contribution in [0.4, 0.5) is 4.39 Å². The van der Waals surface area contributed by atoms with E-state index in [1.165, 1.54) is 30.7 Å². The van der Waals surface area contributed by atoms with E-state index in [2.05, 4.69) is 6.92 Å². The lowest BCUT2D eigenvalue weighted by atomic mass is 10.00. The van der Waals surface area contributed by atoms with Gasteiger partial charge in [-0.15, -0.1) is 0 Å². The second-order valence-corrected chi connectivity index (χ2v) is 6.79. The van der Waals surface area contributed by atoms with Gasteiger partial charge in [-0.3, -0.25) is 9.59 Å². The first-order valence-electron chi connectivity index (χ1n) is 9.41. The minimum atomic E-state index is -0.376. The highest BCUT2D eigenvalue weighted by Gasteiger charge is 2.25. The van der Waals surface area contributed by atoms with Crippen LogP contribution in [0.15, 0.2) is 48.5 Å². The molecule has 27 heavy (non-hydrogen) atoms. The third kappa shape index (κ3) is 4.73. The average molecular weight is 369 g/mol. The molecule has 1 fully saturated rings. The molecule has 1 heterocycles. The summed E-state index contributed by atoms with van der Waals surface area (Å²) in [6, 6.07) is 12.4. The molecule has 5 heteroatoms. The Balaban J connectivity index is 1.58. The first-order chi connectivity index (χ1) is 13.1. The molecule has 1 amide bonds. The summed E-state index contributed by atoms with van der Waals surface area (Å²) in [6.45, 7) is 2.90. The zero-order valence-corrected chi connectivity index (χ0v) is 15.5. The van der Waals surface area contributed by atoms with Crippen molar-refractivity contribution < 1.29 is 18.7 Å². The summed E-state index contributed by atoms with van der Waals surface area (Å²) in [6.07, 6.45) is 4.24. The maximum atomic E-state index is 13.0. The number of amides is 1. The Morgan fingerprint density at radius 3 is 2.30 bits per heavy atom. The Labute approximate surface area is 158 Å². The van der Waals surface area contributed by atoms with E-state index in [9.17, 15) is 14.0 Å². The van der Waals surface area contributed by atoms with Crippen LogP contribution in [0.25, 0.3) is 0 Å². The van der Waals surface area contributed by atoms with Crippen molar-refractivity contribution in [3.8, 4) is 5.75 Å². The fourth-order valence-electron chi connectivity index (χ4n) is 3.45. The van der Waals surface area contributed by atoms with Crippen LogP contribution in [-0.4, -0.2) is 35.8 Å². The summed E-state index contributed by atoms with van der Waals surface area (Å²) < 4.78 is 18.6. The van der Waals surface area contributed by atoms with Crippen molar-refractivity contribution in [2.45, 2.75) is 38.6 Å². The Morgan fingerprint density at radius 2 is 1.67 bits per heavy atom. The number of hydrogen-bond donors (Lipinski definition) is 0. The molecule has 2 aromatic carbocycles. The van der Waals surface area contributed by atoms with Crippen molar-refractivity contribution in [1.29, 1.82) is 0 Å². The lowest BCUT2D eigenvalue weighted by molar-refractivity contribution is -0.137. The molecule has 0 spiro atoms. The summed E-state index contributed by atoms with van der Waals surface area (Å²) in [4.78, 5) is 26.8. The van der Waals surface area contributed by atoms with Gasteiger partial charge < -0.3 is 9.64 Å². The molecule has 1 aliphatic heterocycles. The summed E-state index contributed by atoms with van der Waals surface area (Å²) in [5.74, 6) is -0.00667. The monoisotopic (exact) mass is 369 g/mol. The van der Waals surface area contributed by atoms with Crippen molar-refractivity contribution in [1.82, 2.24) is 4.90 Å². The number of carbonyl (C=O) groups is 2. The van der Waals surface area contributed by atoms with Crippen LogP contribution in [-0.2, 0) is 4.79 Å². The van der Waals surface area contributed by atoms with Gasteiger partial charge in [0, 0.05) is 23.7 Å². The number of hydrogen-bond acceptors (Lipinski definition) is 3. The van der Waals surface area contributed by atoms with E-state index in [0.29, 0.717) is 22.9 Å². The Bertz CT molecular complexity index is 786. The predicted molar refractivity (Wildman–Crippen MR) is 101 cm³/mol. The number of rotatable bonds is 6. The number of ketones is 1. The van der Waals surface area contributed by atoms with Crippen molar-refractivity contribution in [3.05, 3.63) is 65.5 Å². The number of carbonyl (C=O) groups excluding carboxylic acids is 2. The van der Waals surface area contributed by atoms with E-state index in [0.717, 1.165) is 25.8 Å². The van der Waals surface area contributed by atoms with Gasteiger partial charge in [0.05, 0.1) is 0 Å². The van der Waals surface area contributed by atoms with Gasteiger partial charge in [0.25, 0.3) is 5.91 Å². The summed E-state index contributed by atoms with van der Waals surface area (Å²) in [7, 11) is 0. The van der Waals surface area contributed by atoms with Gasteiger partial charge in [0.15, 0.2) is 12.4 Å². The predicted octanol–water partition coefficient (Wildman–Crippen LogP) is 4.23. The topological polar surface area (TPSA) is 46.6 Å². The lowest BCUT2D eigenvalue weighted by Gasteiger charge is -2.35. The maximum absolute atomic E-state index is 13.0. The number of ether oxygens (including phenoxy) is 1. The van der Waals surface area contributed by atoms with Crippen LogP contribution in [0, 0.1) is 5.82 Å². The van der Waals surface area contributed by atoms with Crippen LogP contribution in [0.1, 0.15) is 48.5 Å². The fraction of sp³-hybridized carbons (Fsp3) is 0.364. The zero-order valence-electron chi connectivity index (χ0n) is 15.5. The molecule has 0 aliphatic carbocycles. The first kappa shape index (κ1) is 19.1. The number of nitrogens with zero attached hydrogens (tertiary/aromatic N) is 1. The zero-order chi connectivity index (χ0) is 19.2. The van der Waals surface area contributed by atoms with Crippen LogP contribution >= 0.6 is 0 Å². The smallest absolute Gasteiger partial charge is 0.260 e. The minimum absolute atomic E-state index is 0.00174. The molecule has 1 saturated heterocycles. The highest BCUT2D eigenvalue weighted by molar-refractivity contribution is 6.09. The fourth-order valence-corrected chi connectivity index (χ4v) is 3.45. The van der Waals surface area contributed by atoms with Gasteiger partial charge >= 0.3 is 0 Å². The SMILES string of the molecule is CCC1CCCCN1C(=O)COc1ccc(C(=O)c2ccc(F)cc2)cc1. The third-order valence-electron chi connectivity index (χ3n) is 5.00. The molecule has 3 rings (SSSR count). The molecule has 1 unspecified atom stereocenters. The number of piperidine rings is 1. The standard InChI is InChI=1S/C22H24FNO3/c1-2-19-5-3-4-14-24(19)21(25)15-27-20-12-8-17(9-13-20)22(26)16-6-10-18(23)11-7-16/h6-13,19H,2-5,14-15H2,1H3. The molecule has 142 valence electrons. The van der Waals surface area contributed by atoms with Gasteiger partial charge in [-0.25, -0.2) is 4.39 Å². The molecule has 1 atom stereocenters. The van der Waals surface area contributed by atoms with E-state index >= 15 is 0 Å². The van der Waals surface area contributed by atoms with Gasteiger partial charge in [-0.1, -0.05) is 6.92 Å². The molecule has 0 bridgehead atoms. The Kier molecular flexibility index (Phi) is 6.22. The number of benzene rings is 2. The summed E-state index contributed by atoms with van der Waals surface area (Å²) in [5, 5.41) is 0. The summed E-state index contributed by atoms with van der Waals surface area (Å²) >= 11 is 0. The molecular formula is C22H24FNO3. The van der Waals surface area contributed by atoms with Gasteiger partial charge in [0.1, 0.15) is 11.6 Å². The van der Waals surface area contributed by atoms with Crippen LogP contribution < -0.4 is 4.74 Å². The van der Waals surface area contributed by atoms with E-state index in [4.69, 9.17) is 4.74 Å². The molecule has 0 saturated carbocycles. The molecule has 0 N–H and O–H groups in total. The van der Waals surface area contributed by atoms with Crippen LogP contribution in [0.3, 0.4) is 0 Å². The van der Waals surface area contributed by atoms with Gasteiger partial charge in [-0.05, 0) is 74.2 Å². The Hall–Kier alpha value is -2.69. The summed E-state index contributed by atoms with van der Waals surface area (Å²) in [5.41, 5.74) is 0.915. The van der Waals surface area contributed by atoms with Gasteiger partial charge in [0.2, 0.25) is 0 Å². The highest BCUT2D eigenvalue weighted by Crippen LogP contribution is 2.20. The molecule has 2 aromatic rings. The molecular weight excluding hydrogens is 345 g/mol. The molecule has 4 nitrogen and oxygen atoms in total. The van der Waals surface area contributed by atoms with E-state index in [1.54, 1.807) is 24.3 Å². The number of likely N-dealkylation sites (tertiary alicyclic amines) is 1. The molecule has 1 aliphatic rings. The molecule has 0 radical (unpaired) electrons. The second-order valence-electron chi connectivity index (χ2n) is 6.79. The van der Waals surface area contributed by atoms with E-state index < -0.39 is 0 Å². The first-order valence-corrected chi connectivity index (χ1v) is 9.41. The highest BCUT2D eigenvalue weighted by atomic mass is 19.1. The largest absolute Gasteiger partial charge is 0.484 e. The van der Waals surface area contributed by atoms with Crippen molar-refractivity contribution >= 4 is 11.7 Å². The average Bonchev–Trinajstić information content (AvgIpc) is 2.72. The lowest BCUT2D eigenvalue weighted by Crippen LogP contribution is -2.45. The number of halogens is 1. The molecule has 0 aromatic heterocycles. The van der Waals surface area contributed by atoms with Crippen LogP contribution in [0.2, 0.25) is 0 Å². The normalized spacial score (nSPS) is 16.8. The maximum Gasteiger partial charge on any atom is 0.260 e. The second kappa shape index (κ2) is 8.80. The quantitative estimate of drug-likeness (QED) is 0.716. The van der Waals surface area contributed by atoms with Crippen molar-refractivity contribution in [2.75, 3.05) is 13.2 Å². The van der Waals surface area contributed by atoms with Gasteiger partial charge in [-0.2, -0.15) is 0 Å². The van der Waals surface area contributed by atoms with Crippen LogP contribution in [0.5, 0.6) is 5.75 Å². The Morgan fingerprint density at radius 1 is 1.04 bits per heavy atom. The van der Waals surface area contributed by atoms with E-state index in [1.807, 2.05) is 4.90 Å².